The van der Waals surface area contributed by atoms with Crippen molar-refractivity contribution < 1.29 is 28.6 Å². The number of unbranched alkanes of at least 4 members (excludes halogenated alkanes) is 46. The van der Waals surface area contributed by atoms with E-state index in [2.05, 4.69) is 45.1 Å². The van der Waals surface area contributed by atoms with E-state index in [-0.39, 0.29) is 31.1 Å². The molecule has 0 bridgehead atoms. The van der Waals surface area contributed by atoms with Gasteiger partial charge in [-0.25, -0.2) is 0 Å². The van der Waals surface area contributed by atoms with Crippen molar-refractivity contribution in [3.63, 3.8) is 0 Å². The Morgan fingerprint density at radius 2 is 0.452 bits per heavy atom. The van der Waals surface area contributed by atoms with Crippen molar-refractivity contribution in [2.75, 3.05) is 13.2 Å². The first-order chi connectivity index (χ1) is 36.0. The highest BCUT2D eigenvalue weighted by molar-refractivity contribution is 5.71. The zero-order chi connectivity index (χ0) is 52.9. The summed E-state index contributed by atoms with van der Waals surface area (Å²) in [5, 5.41) is 0. The Morgan fingerprint density at radius 3 is 0.685 bits per heavy atom. The molecule has 0 aliphatic heterocycles. The minimum Gasteiger partial charge on any atom is -0.462 e. The summed E-state index contributed by atoms with van der Waals surface area (Å²) in [6.07, 6.45) is 74.8. The molecule has 0 spiro atoms. The second-order valence-electron chi connectivity index (χ2n) is 22.4. The van der Waals surface area contributed by atoms with E-state index >= 15 is 0 Å². The van der Waals surface area contributed by atoms with Gasteiger partial charge in [-0.15, -0.1) is 0 Å². The van der Waals surface area contributed by atoms with Gasteiger partial charge in [-0.3, -0.25) is 14.4 Å². The van der Waals surface area contributed by atoms with Crippen LogP contribution in [0.2, 0.25) is 0 Å². The summed E-state index contributed by atoms with van der Waals surface area (Å²) in [6, 6.07) is 0. The van der Waals surface area contributed by atoms with Gasteiger partial charge >= 0.3 is 17.9 Å². The lowest BCUT2D eigenvalue weighted by Gasteiger charge is -2.18. The molecule has 1 unspecified atom stereocenters. The lowest BCUT2D eigenvalue weighted by Crippen LogP contribution is -2.30. The smallest absolute Gasteiger partial charge is 0.306 e. The summed E-state index contributed by atoms with van der Waals surface area (Å²) in [7, 11) is 0. The van der Waals surface area contributed by atoms with E-state index in [1.54, 1.807) is 0 Å². The number of hydrogen-bond donors (Lipinski definition) is 0. The van der Waals surface area contributed by atoms with Gasteiger partial charge in [0.15, 0.2) is 6.10 Å². The zero-order valence-corrected chi connectivity index (χ0v) is 49.4. The third-order valence-corrected chi connectivity index (χ3v) is 14.9. The second kappa shape index (κ2) is 62.4. The quantitative estimate of drug-likeness (QED) is 0.0261. The molecule has 6 heteroatoms. The Hall–Kier alpha value is -2.11. The fraction of sp³-hybridized carbons (Fsp3) is 0.896. The molecule has 6 nitrogen and oxygen atoms in total. The van der Waals surface area contributed by atoms with E-state index in [1.165, 1.54) is 263 Å². The molecule has 0 saturated carbocycles. The molecule has 0 aromatic carbocycles. The molecule has 0 aromatic heterocycles. The van der Waals surface area contributed by atoms with Crippen LogP contribution in [0.3, 0.4) is 0 Å². The molecule has 0 aliphatic carbocycles. The van der Waals surface area contributed by atoms with Crippen molar-refractivity contribution in [2.45, 2.75) is 374 Å². The van der Waals surface area contributed by atoms with Crippen LogP contribution in [0.4, 0.5) is 0 Å². The third kappa shape index (κ3) is 60.6. The van der Waals surface area contributed by atoms with Crippen LogP contribution in [-0.4, -0.2) is 37.2 Å². The second-order valence-corrected chi connectivity index (χ2v) is 22.4. The molecule has 1 atom stereocenters. The molecule has 0 N–H and O–H groups in total. The highest BCUT2D eigenvalue weighted by Gasteiger charge is 2.19. The summed E-state index contributed by atoms with van der Waals surface area (Å²) < 4.78 is 16.9. The summed E-state index contributed by atoms with van der Waals surface area (Å²) in [5.41, 5.74) is 0. The molecule has 0 amide bonds. The predicted molar refractivity (Wildman–Crippen MR) is 316 cm³/mol. The first-order valence-corrected chi connectivity index (χ1v) is 32.8. The Labute approximate surface area is 455 Å². The van der Waals surface area contributed by atoms with Gasteiger partial charge in [0.2, 0.25) is 0 Å². The number of allylic oxidation sites excluding steroid dienone is 4. The van der Waals surface area contributed by atoms with Crippen molar-refractivity contribution in [3.05, 3.63) is 24.3 Å². The van der Waals surface area contributed by atoms with Gasteiger partial charge in [0.05, 0.1) is 0 Å². The molecule has 0 fully saturated rings. The van der Waals surface area contributed by atoms with E-state index in [9.17, 15) is 14.4 Å². The number of esters is 3. The van der Waals surface area contributed by atoms with Crippen LogP contribution in [0, 0.1) is 0 Å². The minimum absolute atomic E-state index is 0.0690. The van der Waals surface area contributed by atoms with Gasteiger partial charge in [-0.1, -0.05) is 302 Å². The van der Waals surface area contributed by atoms with Crippen LogP contribution in [0.25, 0.3) is 0 Å². The number of ether oxygens (including phenoxy) is 3. The van der Waals surface area contributed by atoms with Crippen molar-refractivity contribution in [1.82, 2.24) is 0 Å². The number of carbonyl (C=O) groups is 3. The average molecular weight is 1030 g/mol. The van der Waals surface area contributed by atoms with E-state index in [1.807, 2.05) is 0 Å². The first kappa shape index (κ1) is 70.9. The molecule has 0 aromatic rings. The van der Waals surface area contributed by atoms with Gasteiger partial charge in [-0.05, 0) is 70.6 Å². The van der Waals surface area contributed by atoms with E-state index < -0.39 is 6.10 Å². The molecule has 430 valence electrons. The highest BCUT2D eigenvalue weighted by Crippen LogP contribution is 2.18. The van der Waals surface area contributed by atoms with Crippen LogP contribution < -0.4 is 0 Å². The van der Waals surface area contributed by atoms with Crippen LogP contribution >= 0.6 is 0 Å². The molecule has 0 heterocycles. The fourth-order valence-corrected chi connectivity index (χ4v) is 9.97. The number of carbonyl (C=O) groups excluding carboxylic acids is 3. The van der Waals surface area contributed by atoms with Gasteiger partial charge in [0.25, 0.3) is 0 Å². The Balaban J connectivity index is 4.18. The summed E-state index contributed by atoms with van der Waals surface area (Å²) in [5.74, 6) is -0.852. The average Bonchev–Trinajstić information content (AvgIpc) is 3.39. The lowest BCUT2D eigenvalue weighted by atomic mass is 10.0. The van der Waals surface area contributed by atoms with Crippen LogP contribution in [0.15, 0.2) is 24.3 Å². The maximum absolute atomic E-state index is 12.9. The molecule has 73 heavy (non-hydrogen) atoms. The van der Waals surface area contributed by atoms with Gasteiger partial charge in [0.1, 0.15) is 13.2 Å². The zero-order valence-electron chi connectivity index (χ0n) is 49.4. The lowest BCUT2D eigenvalue weighted by molar-refractivity contribution is -0.167. The summed E-state index contributed by atoms with van der Waals surface area (Å²) >= 11 is 0. The Kier molecular flexibility index (Phi) is 60.6. The van der Waals surface area contributed by atoms with Crippen LogP contribution in [-0.2, 0) is 28.6 Å². The monoisotopic (exact) mass is 1030 g/mol. The molecule has 0 rings (SSSR count). The molecule has 0 aliphatic rings. The molecule has 0 saturated heterocycles. The molecular weight excluding hydrogens is 901 g/mol. The SMILES string of the molecule is CCCCCCC/C=C\CCCCCCCC(=O)OC(COC(=O)CCCCCCCCCCCCCCCC)COC(=O)CCCCCCCCCCCCCCCCC/C=C\CCCCCCCCCC. The largest absolute Gasteiger partial charge is 0.462 e. The predicted octanol–water partition coefficient (Wildman–Crippen LogP) is 22.2. The van der Waals surface area contributed by atoms with E-state index in [0.717, 1.165) is 64.2 Å². The topological polar surface area (TPSA) is 78.9 Å². The third-order valence-electron chi connectivity index (χ3n) is 14.9. The van der Waals surface area contributed by atoms with Gasteiger partial charge in [-0.2, -0.15) is 0 Å². The molecule has 0 radical (unpaired) electrons. The Bertz CT molecular complexity index is 1180. The summed E-state index contributed by atoms with van der Waals surface area (Å²) in [6.45, 7) is 6.69. The normalized spacial score (nSPS) is 12.1. The van der Waals surface area contributed by atoms with Crippen LogP contribution in [0.5, 0.6) is 0 Å². The highest BCUT2D eigenvalue weighted by atomic mass is 16.6. The van der Waals surface area contributed by atoms with Crippen molar-refractivity contribution in [2.24, 2.45) is 0 Å². The van der Waals surface area contributed by atoms with E-state index in [4.69, 9.17) is 14.2 Å². The van der Waals surface area contributed by atoms with E-state index in [0.29, 0.717) is 19.3 Å². The standard InChI is InChI=1S/C67H126O6/c1-4-7-10-13-16-19-22-25-28-29-30-31-32-33-34-35-36-37-38-39-40-43-45-48-51-54-57-60-66(69)72-63-64(73-67(70)61-58-55-52-49-46-42-27-24-21-18-15-12-9-6-3)62-71-65(68)59-56-53-50-47-44-41-26-23-20-17-14-11-8-5-2/h24,27,29-30,64H,4-23,25-26,28,31-63H2,1-3H3/b27-24-,30-29-. The maximum atomic E-state index is 12.9. The number of rotatable bonds is 61. The fourth-order valence-electron chi connectivity index (χ4n) is 9.97. The molecular formula is C67H126O6. The van der Waals surface area contributed by atoms with Gasteiger partial charge in [0, 0.05) is 19.3 Å². The van der Waals surface area contributed by atoms with Crippen LogP contribution in [0.1, 0.15) is 367 Å². The van der Waals surface area contributed by atoms with Crippen molar-refractivity contribution in [3.8, 4) is 0 Å². The van der Waals surface area contributed by atoms with Gasteiger partial charge < -0.3 is 14.2 Å². The van der Waals surface area contributed by atoms with Crippen molar-refractivity contribution in [1.29, 1.82) is 0 Å². The number of hydrogen-bond acceptors (Lipinski definition) is 6. The Morgan fingerprint density at radius 1 is 0.260 bits per heavy atom. The summed E-state index contributed by atoms with van der Waals surface area (Å²) in [4.78, 5) is 38.3. The maximum Gasteiger partial charge on any atom is 0.306 e. The minimum atomic E-state index is -0.771. The van der Waals surface area contributed by atoms with Crippen molar-refractivity contribution >= 4 is 17.9 Å². The first-order valence-electron chi connectivity index (χ1n) is 32.8.